The SMILES string of the molecule is COc1ccc(N2CCC(CN3C(=O)N(C)N4C5=C(c6ccco6)N=CN(N)C5=NC34)C2)cc1. The van der Waals surface area contributed by atoms with Gasteiger partial charge in [-0.25, -0.2) is 35.6 Å². The summed E-state index contributed by atoms with van der Waals surface area (Å²) in [6.45, 7) is 2.41. The highest BCUT2D eigenvalue weighted by molar-refractivity contribution is 6.12. The van der Waals surface area contributed by atoms with Crippen molar-refractivity contribution in [3.05, 3.63) is 54.1 Å². The summed E-state index contributed by atoms with van der Waals surface area (Å²) in [7, 11) is 3.42. The Morgan fingerprint density at radius 3 is 2.79 bits per heavy atom. The lowest BCUT2D eigenvalue weighted by Crippen LogP contribution is -2.44. The van der Waals surface area contributed by atoms with Crippen LogP contribution in [0.15, 0.2) is 62.8 Å². The van der Waals surface area contributed by atoms with Crippen LogP contribution in [0.25, 0.3) is 5.70 Å². The maximum absolute atomic E-state index is 13.3. The lowest BCUT2D eigenvalue weighted by atomic mass is 10.1. The lowest BCUT2D eigenvalue weighted by molar-refractivity contribution is 0.0842. The van der Waals surface area contributed by atoms with E-state index in [9.17, 15) is 4.79 Å². The van der Waals surface area contributed by atoms with Gasteiger partial charge in [-0.15, -0.1) is 0 Å². The summed E-state index contributed by atoms with van der Waals surface area (Å²) >= 11 is 0. The van der Waals surface area contributed by atoms with Gasteiger partial charge in [0.1, 0.15) is 23.5 Å². The largest absolute Gasteiger partial charge is 0.497 e. The van der Waals surface area contributed by atoms with E-state index < -0.39 is 6.29 Å². The van der Waals surface area contributed by atoms with Gasteiger partial charge in [0, 0.05) is 32.4 Å². The second-order valence-corrected chi connectivity index (χ2v) is 8.73. The molecule has 34 heavy (non-hydrogen) atoms. The average molecular weight is 463 g/mol. The van der Waals surface area contributed by atoms with Gasteiger partial charge in [-0.1, -0.05) is 0 Å². The highest BCUT2D eigenvalue weighted by Crippen LogP contribution is 2.39. The number of carbonyl (C=O) groups excluding carboxylic acids is 1. The predicted molar refractivity (Wildman–Crippen MR) is 126 cm³/mol. The van der Waals surface area contributed by atoms with Gasteiger partial charge >= 0.3 is 6.03 Å². The number of amides is 2. The zero-order chi connectivity index (χ0) is 23.4. The van der Waals surface area contributed by atoms with Gasteiger partial charge in [0.05, 0.1) is 13.4 Å². The molecule has 6 rings (SSSR count). The molecule has 4 aliphatic rings. The monoisotopic (exact) mass is 462 g/mol. The molecule has 0 aliphatic carbocycles. The van der Waals surface area contributed by atoms with Crippen molar-refractivity contribution in [3.63, 3.8) is 0 Å². The van der Waals surface area contributed by atoms with E-state index in [1.54, 1.807) is 31.5 Å². The van der Waals surface area contributed by atoms with Crippen LogP contribution in [-0.4, -0.2) is 78.2 Å². The van der Waals surface area contributed by atoms with Crippen molar-refractivity contribution < 1.29 is 13.9 Å². The Morgan fingerprint density at radius 1 is 1.24 bits per heavy atom. The Labute approximate surface area is 196 Å². The third-order valence-electron chi connectivity index (χ3n) is 6.73. The van der Waals surface area contributed by atoms with Gasteiger partial charge in [0.25, 0.3) is 0 Å². The Balaban J connectivity index is 1.24. The molecule has 2 fully saturated rings. The Hall–Kier alpha value is -3.99. The normalized spacial score (nSPS) is 23.8. The fourth-order valence-corrected chi connectivity index (χ4v) is 5.02. The number of benzene rings is 1. The van der Waals surface area contributed by atoms with Gasteiger partial charge in [-0.2, -0.15) is 0 Å². The molecular formula is C23H26N8O3. The molecule has 0 bridgehead atoms. The smallest absolute Gasteiger partial charge is 0.341 e. The number of urea groups is 1. The number of carbonyl (C=O) groups is 1. The molecule has 11 nitrogen and oxygen atoms in total. The van der Waals surface area contributed by atoms with Crippen molar-refractivity contribution in [2.24, 2.45) is 21.7 Å². The van der Waals surface area contributed by atoms with Crippen molar-refractivity contribution in [2.45, 2.75) is 12.7 Å². The van der Waals surface area contributed by atoms with E-state index in [1.807, 2.05) is 28.1 Å². The van der Waals surface area contributed by atoms with E-state index in [0.29, 0.717) is 35.5 Å². The van der Waals surface area contributed by atoms with Gasteiger partial charge in [0.15, 0.2) is 11.6 Å². The first-order valence-corrected chi connectivity index (χ1v) is 11.2. The standard InChI is InChI=1S/C23H26N8O3/c1-27-23(32)29(13-15-9-10-28(12-15)16-5-7-17(33-2)8-6-16)22-26-21-20(31(22)27)19(25-14-30(21)24)18-4-3-11-34-18/h3-8,11,14-15,22H,9-10,12-13,24H2,1-2H3. The first-order valence-electron chi connectivity index (χ1n) is 11.2. The maximum atomic E-state index is 13.3. The summed E-state index contributed by atoms with van der Waals surface area (Å²) < 4.78 is 10.9. The van der Waals surface area contributed by atoms with Gasteiger partial charge in [-0.3, -0.25) is 4.90 Å². The number of hydrazine groups is 2. The molecule has 1 aromatic carbocycles. The number of furan rings is 1. The molecule has 0 spiro atoms. The number of methoxy groups -OCH3 is 1. The quantitative estimate of drug-likeness (QED) is 0.677. The number of ether oxygens (including phenoxy) is 1. The molecule has 2 aromatic rings. The predicted octanol–water partition coefficient (Wildman–Crippen LogP) is 1.98. The van der Waals surface area contributed by atoms with Gasteiger partial charge < -0.3 is 14.1 Å². The molecule has 5 heterocycles. The van der Waals surface area contributed by atoms with E-state index in [0.717, 1.165) is 30.9 Å². The molecule has 0 radical (unpaired) electrons. The number of anilines is 1. The molecule has 1 aromatic heterocycles. The van der Waals surface area contributed by atoms with Crippen LogP contribution in [0.2, 0.25) is 0 Å². The number of nitrogens with two attached hydrogens (primary N) is 1. The van der Waals surface area contributed by atoms with Crippen molar-refractivity contribution in [1.29, 1.82) is 0 Å². The zero-order valence-electron chi connectivity index (χ0n) is 19.0. The van der Waals surface area contributed by atoms with E-state index in [4.69, 9.17) is 20.0 Å². The number of amidine groups is 1. The highest BCUT2D eigenvalue weighted by Gasteiger charge is 2.51. The molecular weight excluding hydrogens is 436 g/mol. The lowest BCUT2D eigenvalue weighted by Gasteiger charge is -2.28. The summed E-state index contributed by atoms with van der Waals surface area (Å²) in [6.07, 6.45) is 3.60. The summed E-state index contributed by atoms with van der Waals surface area (Å²) in [4.78, 5) is 26.7. The molecule has 11 heteroatoms. The Morgan fingerprint density at radius 2 is 2.06 bits per heavy atom. The number of hydrogen-bond acceptors (Lipinski definition) is 9. The van der Waals surface area contributed by atoms with Crippen LogP contribution in [0, 0.1) is 5.92 Å². The fourth-order valence-electron chi connectivity index (χ4n) is 5.02. The maximum Gasteiger partial charge on any atom is 0.341 e. The number of rotatable bonds is 5. The Bertz CT molecular complexity index is 1190. The molecule has 2 unspecified atom stereocenters. The van der Waals surface area contributed by atoms with Crippen molar-refractivity contribution in [1.82, 2.24) is 19.9 Å². The van der Waals surface area contributed by atoms with E-state index in [1.165, 1.54) is 11.3 Å². The molecule has 2 atom stereocenters. The summed E-state index contributed by atoms with van der Waals surface area (Å²) in [6, 6.07) is 11.6. The molecule has 2 amide bonds. The van der Waals surface area contributed by atoms with Gasteiger partial charge in [0.2, 0.25) is 6.29 Å². The van der Waals surface area contributed by atoms with Crippen LogP contribution in [0.5, 0.6) is 5.75 Å². The third kappa shape index (κ3) is 3.11. The van der Waals surface area contributed by atoms with Crippen molar-refractivity contribution in [3.8, 4) is 5.75 Å². The summed E-state index contributed by atoms with van der Waals surface area (Å²) in [5.74, 6) is 8.47. The van der Waals surface area contributed by atoms with Crippen molar-refractivity contribution in [2.75, 3.05) is 38.7 Å². The minimum Gasteiger partial charge on any atom is -0.497 e. The van der Waals surface area contributed by atoms with E-state index in [2.05, 4.69) is 22.0 Å². The average Bonchev–Trinajstić information content (AvgIpc) is 3.64. The molecule has 176 valence electrons. The van der Waals surface area contributed by atoms with Crippen LogP contribution in [-0.2, 0) is 0 Å². The van der Waals surface area contributed by atoms with Crippen LogP contribution in [0.1, 0.15) is 12.2 Å². The molecule has 0 saturated carbocycles. The third-order valence-corrected chi connectivity index (χ3v) is 6.73. The number of aliphatic imine (C=N–C) groups is 2. The van der Waals surface area contributed by atoms with Crippen LogP contribution in [0.4, 0.5) is 10.5 Å². The second-order valence-electron chi connectivity index (χ2n) is 8.73. The van der Waals surface area contributed by atoms with Crippen molar-refractivity contribution >= 4 is 29.6 Å². The molecule has 4 aliphatic heterocycles. The van der Waals surface area contributed by atoms with E-state index in [-0.39, 0.29) is 6.03 Å². The second kappa shape index (κ2) is 7.80. The zero-order valence-corrected chi connectivity index (χ0v) is 19.0. The first kappa shape index (κ1) is 20.6. The fraction of sp³-hybridized carbons (Fsp3) is 0.348. The summed E-state index contributed by atoms with van der Waals surface area (Å²) in [5, 5.41) is 4.82. The minimum atomic E-state index is -0.504. The van der Waals surface area contributed by atoms with Crippen LogP contribution < -0.4 is 15.5 Å². The van der Waals surface area contributed by atoms with Crippen LogP contribution in [0.3, 0.4) is 0 Å². The number of nitrogens with zero attached hydrogens (tertiary/aromatic N) is 7. The Kier molecular flexibility index (Phi) is 4.73. The van der Waals surface area contributed by atoms with Crippen LogP contribution >= 0.6 is 0 Å². The van der Waals surface area contributed by atoms with E-state index >= 15 is 0 Å². The topological polar surface area (TPSA) is 106 Å². The minimum absolute atomic E-state index is 0.0971. The highest BCUT2D eigenvalue weighted by atomic mass is 16.5. The first-order chi connectivity index (χ1) is 16.5. The summed E-state index contributed by atoms with van der Waals surface area (Å²) in [5.41, 5.74) is 2.42. The molecule has 2 saturated heterocycles. The number of hydrogen-bond donors (Lipinski definition) is 1. The molecule has 2 N–H and O–H groups in total. The van der Waals surface area contributed by atoms with Gasteiger partial charge in [-0.05, 0) is 48.7 Å². The number of fused-ring (bicyclic) bond motifs is 3.